The molecule has 1 aliphatic carbocycles. The Hall–Kier alpha value is -4.39. The molecule has 0 radical (unpaired) electrons. The second-order valence-corrected chi connectivity index (χ2v) is 15.8. The maximum absolute atomic E-state index is 13.2. The first-order valence-corrected chi connectivity index (χ1v) is 18.0. The van der Waals surface area contributed by atoms with Crippen molar-refractivity contribution >= 4 is 40.5 Å². The SMILES string of the molecule is CC(CCC(=O)NC=O)n1ncc2cc(N3CCN(CC4CCN(c5ccc(C(=O)NC6C(C)(C)CC6(C)C)nn5)CC4)CC3)ccc2c1=O. The van der Waals surface area contributed by atoms with E-state index in [9.17, 15) is 19.2 Å². The summed E-state index contributed by atoms with van der Waals surface area (Å²) in [5.74, 6) is 0.932. The number of imide groups is 1. The molecule has 1 saturated carbocycles. The van der Waals surface area contributed by atoms with Crippen LogP contribution in [-0.4, -0.2) is 95.0 Å². The number of nitrogens with one attached hydrogen (secondary N) is 2. The molecule has 13 nitrogen and oxygen atoms in total. The van der Waals surface area contributed by atoms with Gasteiger partial charge in [-0.15, -0.1) is 10.2 Å². The van der Waals surface area contributed by atoms with E-state index in [1.54, 1.807) is 12.3 Å². The van der Waals surface area contributed by atoms with Crippen LogP contribution in [0.25, 0.3) is 10.8 Å². The first-order chi connectivity index (χ1) is 23.8. The molecule has 268 valence electrons. The van der Waals surface area contributed by atoms with E-state index in [4.69, 9.17) is 0 Å². The average molecular weight is 686 g/mol. The van der Waals surface area contributed by atoms with Gasteiger partial charge in [-0.25, -0.2) is 4.68 Å². The molecular weight excluding hydrogens is 634 g/mol. The summed E-state index contributed by atoms with van der Waals surface area (Å²) in [4.78, 5) is 55.4. The molecule has 2 aliphatic heterocycles. The van der Waals surface area contributed by atoms with E-state index in [0.717, 1.165) is 82.0 Å². The van der Waals surface area contributed by atoms with Crippen LogP contribution in [0.3, 0.4) is 0 Å². The van der Waals surface area contributed by atoms with Crippen molar-refractivity contribution in [3.05, 3.63) is 52.6 Å². The summed E-state index contributed by atoms with van der Waals surface area (Å²) in [5, 5.41) is 19.9. The van der Waals surface area contributed by atoms with Crippen molar-refractivity contribution in [2.45, 2.75) is 78.8 Å². The number of rotatable bonds is 11. The zero-order valence-electron chi connectivity index (χ0n) is 30.0. The van der Waals surface area contributed by atoms with E-state index in [-0.39, 0.29) is 46.7 Å². The van der Waals surface area contributed by atoms with Crippen molar-refractivity contribution in [1.82, 2.24) is 35.5 Å². The van der Waals surface area contributed by atoms with Crippen LogP contribution < -0.4 is 26.0 Å². The molecule has 0 spiro atoms. The summed E-state index contributed by atoms with van der Waals surface area (Å²) < 4.78 is 1.42. The zero-order chi connectivity index (χ0) is 35.6. The van der Waals surface area contributed by atoms with Crippen LogP contribution in [0, 0.1) is 16.7 Å². The van der Waals surface area contributed by atoms with Crippen LogP contribution in [0.4, 0.5) is 11.5 Å². The van der Waals surface area contributed by atoms with E-state index in [1.165, 1.54) is 4.68 Å². The normalized spacial score (nSPS) is 20.3. The minimum atomic E-state index is -0.371. The van der Waals surface area contributed by atoms with Gasteiger partial charge in [0.1, 0.15) is 0 Å². The van der Waals surface area contributed by atoms with Crippen molar-refractivity contribution in [1.29, 1.82) is 0 Å². The Balaban J connectivity index is 0.953. The highest BCUT2D eigenvalue weighted by Crippen LogP contribution is 2.53. The molecule has 1 aromatic carbocycles. The van der Waals surface area contributed by atoms with Gasteiger partial charge in [-0.3, -0.25) is 29.4 Å². The van der Waals surface area contributed by atoms with Crippen LogP contribution >= 0.6 is 0 Å². The Bertz CT molecular complexity index is 1740. The lowest BCUT2D eigenvalue weighted by Gasteiger charge is -2.57. The number of nitrogens with zero attached hydrogens (tertiary/aromatic N) is 7. The van der Waals surface area contributed by atoms with Crippen molar-refractivity contribution in [3.63, 3.8) is 0 Å². The van der Waals surface area contributed by atoms with Gasteiger partial charge >= 0.3 is 0 Å². The summed E-state index contributed by atoms with van der Waals surface area (Å²) in [6.07, 6.45) is 5.90. The summed E-state index contributed by atoms with van der Waals surface area (Å²) in [6, 6.07) is 9.50. The molecule has 50 heavy (non-hydrogen) atoms. The number of carbonyl (C=O) groups is 3. The molecular formula is C37H51N9O4. The highest BCUT2D eigenvalue weighted by Gasteiger charge is 2.53. The molecule has 3 aliphatic rings. The predicted molar refractivity (Wildman–Crippen MR) is 193 cm³/mol. The Kier molecular flexibility index (Phi) is 10.2. The number of piperidine rings is 1. The van der Waals surface area contributed by atoms with Crippen LogP contribution in [0.5, 0.6) is 0 Å². The highest BCUT2D eigenvalue weighted by atomic mass is 16.2. The maximum atomic E-state index is 13.2. The molecule has 3 amide bonds. The number of aromatic nitrogens is 4. The number of anilines is 2. The zero-order valence-corrected chi connectivity index (χ0v) is 30.0. The lowest BCUT2D eigenvalue weighted by molar-refractivity contribution is -0.125. The van der Waals surface area contributed by atoms with Crippen molar-refractivity contribution < 1.29 is 14.4 Å². The third-order valence-corrected chi connectivity index (χ3v) is 11.0. The van der Waals surface area contributed by atoms with Gasteiger partial charge < -0.3 is 15.1 Å². The molecule has 3 aromatic rings. The molecule has 6 rings (SSSR count). The van der Waals surface area contributed by atoms with Crippen LogP contribution in [-0.2, 0) is 9.59 Å². The van der Waals surface area contributed by atoms with Gasteiger partial charge in [-0.1, -0.05) is 27.7 Å². The Morgan fingerprint density at radius 2 is 1.68 bits per heavy atom. The number of fused-ring (bicyclic) bond motifs is 1. The van der Waals surface area contributed by atoms with Crippen LogP contribution in [0.1, 0.15) is 83.3 Å². The topological polar surface area (TPSA) is 146 Å². The number of piperazine rings is 1. The number of carbonyl (C=O) groups excluding carboxylic acids is 3. The van der Waals surface area contributed by atoms with Gasteiger partial charge in [0.25, 0.3) is 11.5 Å². The summed E-state index contributed by atoms with van der Waals surface area (Å²) in [5.41, 5.74) is 1.43. The Morgan fingerprint density at radius 1 is 0.960 bits per heavy atom. The van der Waals surface area contributed by atoms with Crippen molar-refractivity contribution in [3.8, 4) is 0 Å². The standard InChI is InChI=1S/C37H51N9O4/c1-25(6-11-32(48)38-24-47)46-34(50)29-8-7-28(20-27(29)21-39-46)44-18-16-43(17-19-44)22-26-12-14-45(15-13-26)31-10-9-30(41-42-31)33(49)40-35-36(2,3)23-37(35,4)5/h7-10,20-21,24-26,35H,6,11-19,22-23H2,1-5H3,(H,40,49)(H,38,47,48). The second kappa shape index (κ2) is 14.5. The molecule has 2 N–H and O–H groups in total. The number of hydrogen-bond acceptors (Lipinski definition) is 10. The predicted octanol–water partition coefficient (Wildman–Crippen LogP) is 3.39. The first kappa shape index (κ1) is 35.4. The fourth-order valence-corrected chi connectivity index (χ4v) is 8.68. The lowest BCUT2D eigenvalue weighted by Crippen LogP contribution is -2.63. The van der Waals surface area contributed by atoms with E-state index in [0.29, 0.717) is 29.8 Å². The molecule has 3 fully saturated rings. The summed E-state index contributed by atoms with van der Waals surface area (Å²) in [7, 11) is 0. The second-order valence-electron chi connectivity index (χ2n) is 15.8. The van der Waals surface area contributed by atoms with E-state index in [1.807, 2.05) is 31.2 Å². The Labute approximate surface area is 293 Å². The monoisotopic (exact) mass is 685 g/mol. The van der Waals surface area contributed by atoms with E-state index >= 15 is 0 Å². The quantitative estimate of drug-likeness (QED) is 0.288. The van der Waals surface area contributed by atoms with Gasteiger partial charge in [-0.2, -0.15) is 5.10 Å². The molecule has 13 heteroatoms. The molecule has 4 heterocycles. The Morgan fingerprint density at radius 3 is 2.32 bits per heavy atom. The van der Waals surface area contributed by atoms with E-state index in [2.05, 4.69) is 68.3 Å². The number of hydrogen-bond donors (Lipinski definition) is 2. The smallest absolute Gasteiger partial charge is 0.274 e. The molecule has 2 saturated heterocycles. The fourth-order valence-electron chi connectivity index (χ4n) is 8.68. The van der Waals surface area contributed by atoms with Gasteiger partial charge in [0.15, 0.2) is 11.5 Å². The van der Waals surface area contributed by atoms with Gasteiger partial charge in [0.2, 0.25) is 12.3 Å². The lowest BCUT2D eigenvalue weighted by atomic mass is 9.52. The minimum absolute atomic E-state index is 0.0816. The summed E-state index contributed by atoms with van der Waals surface area (Å²) >= 11 is 0. The molecule has 0 bridgehead atoms. The summed E-state index contributed by atoms with van der Waals surface area (Å²) in [6.45, 7) is 17.4. The number of amides is 3. The highest BCUT2D eigenvalue weighted by molar-refractivity contribution is 5.92. The molecule has 1 unspecified atom stereocenters. The third-order valence-electron chi connectivity index (χ3n) is 11.0. The van der Waals surface area contributed by atoms with E-state index < -0.39 is 0 Å². The maximum Gasteiger partial charge on any atom is 0.274 e. The largest absolute Gasteiger partial charge is 0.369 e. The van der Waals surface area contributed by atoms with Gasteiger partial charge in [-0.05, 0) is 79.7 Å². The minimum Gasteiger partial charge on any atom is -0.369 e. The third kappa shape index (κ3) is 7.67. The number of benzene rings is 1. The first-order valence-electron chi connectivity index (χ1n) is 18.0. The average Bonchev–Trinajstić information content (AvgIpc) is 3.10. The molecule has 2 aromatic heterocycles. The van der Waals surface area contributed by atoms with Crippen molar-refractivity contribution in [2.24, 2.45) is 16.7 Å². The van der Waals surface area contributed by atoms with Crippen molar-refractivity contribution in [2.75, 3.05) is 55.6 Å². The van der Waals surface area contributed by atoms with Gasteiger partial charge in [0, 0.05) is 69.3 Å². The van der Waals surface area contributed by atoms with Gasteiger partial charge in [0.05, 0.1) is 17.6 Å². The fraction of sp³-hybridized carbons (Fsp3) is 0.595. The van der Waals surface area contributed by atoms with Crippen LogP contribution in [0.15, 0.2) is 41.3 Å². The van der Waals surface area contributed by atoms with Crippen LogP contribution in [0.2, 0.25) is 0 Å². The molecule has 1 atom stereocenters.